The van der Waals surface area contributed by atoms with Gasteiger partial charge in [-0.25, -0.2) is 4.79 Å². The Kier molecular flexibility index (Phi) is 5.22. The Hall–Kier alpha value is -1.82. The summed E-state index contributed by atoms with van der Waals surface area (Å²) in [5.74, 6) is 0.534. The highest BCUT2D eigenvalue weighted by Gasteiger charge is 2.06. The van der Waals surface area contributed by atoms with Crippen LogP contribution < -0.4 is 21.1 Å². The number of nitrogens with one attached hydrogen (secondary N) is 2. The minimum absolute atomic E-state index is 0.142. The van der Waals surface area contributed by atoms with Gasteiger partial charge in [-0.15, -0.1) is 0 Å². The number of carbonyl (C=O) groups excluding carboxylic acids is 1. The molecule has 17 heavy (non-hydrogen) atoms. The molecule has 2 amide bonds. The van der Waals surface area contributed by atoms with E-state index in [-0.39, 0.29) is 17.6 Å². The topological polar surface area (TPSA) is 76.4 Å². The van der Waals surface area contributed by atoms with Gasteiger partial charge >= 0.3 is 6.03 Å². The quantitative estimate of drug-likeness (QED) is 0.695. The first-order valence-electron chi connectivity index (χ1n) is 5.18. The highest BCUT2D eigenvalue weighted by molar-refractivity contribution is 7.80. The lowest BCUT2D eigenvalue weighted by Crippen LogP contribution is -2.28. The third kappa shape index (κ3) is 4.69. The molecule has 1 rings (SSSR count). The monoisotopic (exact) mass is 253 g/mol. The van der Waals surface area contributed by atoms with Gasteiger partial charge in [-0.2, -0.15) is 0 Å². The first-order chi connectivity index (χ1) is 8.13. The maximum Gasteiger partial charge on any atom is 0.319 e. The molecule has 4 N–H and O–H groups in total. The van der Waals surface area contributed by atoms with Crippen LogP contribution in [0.4, 0.5) is 10.5 Å². The second-order valence-corrected chi connectivity index (χ2v) is 3.76. The van der Waals surface area contributed by atoms with Crippen molar-refractivity contribution < 1.29 is 9.53 Å². The molecule has 92 valence electrons. The third-order valence-electron chi connectivity index (χ3n) is 1.84. The Morgan fingerprint density at radius 2 is 2.18 bits per heavy atom. The van der Waals surface area contributed by atoms with Crippen LogP contribution >= 0.6 is 12.2 Å². The Balaban J connectivity index is 2.70. The van der Waals surface area contributed by atoms with Crippen molar-refractivity contribution in [1.82, 2.24) is 5.32 Å². The van der Waals surface area contributed by atoms with Crippen LogP contribution in [0.5, 0.6) is 5.75 Å². The second kappa shape index (κ2) is 6.70. The molecule has 0 aliphatic carbocycles. The van der Waals surface area contributed by atoms with Crippen LogP contribution in [-0.2, 0) is 0 Å². The molecule has 0 radical (unpaired) electrons. The van der Waals surface area contributed by atoms with Crippen LogP contribution in [0.2, 0.25) is 0 Å². The SMILES string of the molecule is CCNC(=O)Nc1ccccc1OCC(N)=S. The van der Waals surface area contributed by atoms with Crippen molar-refractivity contribution in [2.45, 2.75) is 6.92 Å². The number of urea groups is 1. The summed E-state index contributed by atoms with van der Waals surface area (Å²) in [6.07, 6.45) is 0. The minimum Gasteiger partial charge on any atom is -0.484 e. The molecule has 0 heterocycles. The molecule has 1 aromatic rings. The number of para-hydroxylation sites is 2. The molecule has 5 nitrogen and oxygen atoms in total. The number of anilines is 1. The standard InChI is InChI=1S/C11H15N3O2S/c1-2-13-11(15)14-8-5-3-4-6-9(8)16-7-10(12)17/h3-6H,2,7H2,1H3,(H2,12,17)(H2,13,14,15). The molecule has 0 aromatic heterocycles. The van der Waals surface area contributed by atoms with Gasteiger partial charge in [-0.3, -0.25) is 0 Å². The van der Waals surface area contributed by atoms with Crippen LogP contribution in [0.1, 0.15) is 6.92 Å². The first kappa shape index (κ1) is 13.2. The molecule has 0 atom stereocenters. The van der Waals surface area contributed by atoms with E-state index in [1.165, 1.54) is 0 Å². The molecule has 0 saturated heterocycles. The van der Waals surface area contributed by atoms with Gasteiger partial charge in [0, 0.05) is 6.54 Å². The van der Waals surface area contributed by atoms with Gasteiger partial charge in [0.15, 0.2) is 0 Å². The summed E-state index contributed by atoms with van der Waals surface area (Å²) in [6.45, 7) is 2.54. The summed E-state index contributed by atoms with van der Waals surface area (Å²) in [5, 5.41) is 5.31. The van der Waals surface area contributed by atoms with Gasteiger partial charge in [0.05, 0.1) is 5.69 Å². The van der Waals surface area contributed by atoms with E-state index in [0.29, 0.717) is 18.0 Å². The van der Waals surface area contributed by atoms with Crippen LogP contribution in [0.3, 0.4) is 0 Å². The van der Waals surface area contributed by atoms with Gasteiger partial charge in [0.25, 0.3) is 0 Å². The van der Waals surface area contributed by atoms with E-state index < -0.39 is 0 Å². The lowest BCUT2D eigenvalue weighted by molar-refractivity contribution is 0.252. The van der Waals surface area contributed by atoms with E-state index in [9.17, 15) is 4.79 Å². The van der Waals surface area contributed by atoms with Crippen molar-refractivity contribution in [2.24, 2.45) is 5.73 Å². The maximum absolute atomic E-state index is 11.4. The van der Waals surface area contributed by atoms with Gasteiger partial charge in [0.1, 0.15) is 17.3 Å². The van der Waals surface area contributed by atoms with Crippen LogP contribution in [0, 0.1) is 0 Å². The van der Waals surface area contributed by atoms with Crippen LogP contribution in [0.25, 0.3) is 0 Å². The van der Waals surface area contributed by atoms with Gasteiger partial charge in [0.2, 0.25) is 0 Å². The Bertz CT molecular complexity index is 409. The number of ether oxygens (including phenoxy) is 1. The number of thiocarbonyl (C=S) groups is 1. The average Bonchev–Trinajstić information content (AvgIpc) is 2.28. The van der Waals surface area contributed by atoms with Crippen molar-refractivity contribution in [3.05, 3.63) is 24.3 Å². The van der Waals surface area contributed by atoms with E-state index in [0.717, 1.165) is 0 Å². The predicted molar refractivity (Wildman–Crippen MR) is 71.4 cm³/mol. The van der Waals surface area contributed by atoms with E-state index in [1.807, 2.05) is 6.92 Å². The van der Waals surface area contributed by atoms with Crippen molar-refractivity contribution in [2.75, 3.05) is 18.5 Å². The third-order valence-corrected chi connectivity index (χ3v) is 1.96. The summed E-state index contributed by atoms with van der Waals surface area (Å²) in [4.78, 5) is 11.6. The Morgan fingerprint density at radius 1 is 1.47 bits per heavy atom. The number of rotatable bonds is 5. The molecule has 0 saturated carbocycles. The van der Waals surface area contributed by atoms with Crippen molar-refractivity contribution >= 4 is 28.9 Å². The molecule has 0 fully saturated rings. The zero-order valence-electron chi connectivity index (χ0n) is 9.53. The summed E-state index contributed by atoms with van der Waals surface area (Å²) in [6, 6.07) is 6.80. The molecule has 6 heteroatoms. The molecule has 1 aromatic carbocycles. The summed E-state index contributed by atoms with van der Waals surface area (Å²) >= 11 is 4.72. The first-order valence-corrected chi connectivity index (χ1v) is 5.59. The fourth-order valence-corrected chi connectivity index (χ4v) is 1.23. The zero-order chi connectivity index (χ0) is 12.7. The van der Waals surface area contributed by atoms with E-state index in [1.54, 1.807) is 24.3 Å². The highest BCUT2D eigenvalue weighted by Crippen LogP contribution is 2.23. The van der Waals surface area contributed by atoms with Crippen molar-refractivity contribution in [3.8, 4) is 5.75 Å². The van der Waals surface area contributed by atoms with Crippen LogP contribution in [-0.4, -0.2) is 24.2 Å². The number of hydrogen-bond acceptors (Lipinski definition) is 3. The fourth-order valence-electron chi connectivity index (χ4n) is 1.17. The second-order valence-electron chi connectivity index (χ2n) is 3.24. The summed E-state index contributed by atoms with van der Waals surface area (Å²) in [5.41, 5.74) is 5.92. The fraction of sp³-hybridized carbons (Fsp3) is 0.273. The summed E-state index contributed by atoms with van der Waals surface area (Å²) in [7, 11) is 0. The van der Waals surface area contributed by atoms with Gasteiger partial charge in [-0.1, -0.05) is 24.4 Å². The zero-order valence-corrected chi connectivity index (χ0v) is 10.3. The molecule has 0 spiro atoms. The highest BCUT2D eigenvalue weighted by atomic mass is 32.1. The number of carbonyl (C=O) groups is 1. The van der Waals surface area contributed by atoms with Gasteiger partial charge < -0.3 is 21.1 Å². The molecule has 0 aliphatic heterocycles. The largest absolute Gasteiger partial charge is 0.484 e. The summed E-state index contributed by atoms with van der Waals surface area (Å²) < 4.78 is 5.37. The number of nitrogens with two attached hydrogens (primary N) is 1. The van der Waals surface area contributed by atoms with E-state index >= 15 is 0 Å². The average molecular weight is 253 g/mol. The lowest BCUT2D eigenvalue weighted by Gasteiger charge is -2.12. The Labute approximate surface area is 105 Å². The minimum atomic E-state index is -0.279. The molecule has 0 unspecified atom stereocenters. The number of hydrogen-bond donors (Lipinski definition) is 3. The molecular formula is C11H15N3O2S. The van der Waals surface area contributed by atoms with Crippen LogP contribution in [0.15, 0.2) is 24.3 Å². The molecule has 0 aliphatic rings. The maximum atomic E-state index is 11.4. The van der Waals surface area contributed by atoms with E-state index in [2.05, 4.69) is 10.6 Å². The number of amides is 2. The smallest absolute Gasteiger partial charge is 0.319 e. The van der Waals surface area contributed by atoms with E-state index in [4.69, 9.17) is 22.7 Å². The molecular weight excluding hydrogens is 238 g/mol. The predicted octanol–water partition coefficient (Wildman–Crippen LogP) is 1.49. The number of benzene rings is 1. The van der Waals surface area contributed by atoms with Crippen molar-refractivity contribution in [1.29, 1.82) is 0 Å². The molecule has 0 bridgehead atoms. The van der Waals surface area contributed by atoms with Crippen molar-refractivity contribution in [3.63, 3.8) is 0 Å². The Morgan fingerprint density at radius 3 is 2.82 bits per heavy atom. The van der Waals surface area contributed by atoms with Gasteiger partial charge in [-0.05, 0) is 19.1 Å². The lowest BCUT2D eigenvalue weighted by atomic mass is 10.3. The normalized spacial score (nSPS) is 9.47.